The van der Waals surface area contributed by atoms with E-state index in [1.807, 2.05) is 0 Å². The first kappa shape index (κ1) is 15.3. The molecule has 1 aromatic carbocycles. The molecule has 0 saturated heterocycles. The van der Waals surface area contributed by atoms with Gasteiger partial charge in [0.2, 0.25) is 0 Å². The first-order valence-electron chi connectivity index (χ1n) is 7.65. The summed E-state index contributed by atoms with van der Waals surface area (Å²) < 4.78 is 30.6. The SMILES string of the molecule is O=CCc1ccc2ncc(Cc3c(F)cc4ncccc4c3F)n2n1. The van der Waals surface area contributed by atoms with Gasteiger partial charge in [0, 0.05) is 36.1 Å². The van der Waals surface area contributed by atoms with Crippen LogP contribution in [0.25, 0.3) is 16.6 Å². The van der Waals surface area contributed by atoms with Crippen LogP contribution < -0.4 is 0 Å². The zero-order chi connectivity index (χ0) is 17.4. The number of carbonyl (C=O) groups is 1. The lowest BCUT2D eigenvalue weighted by atomic mass is 10.0. The summed E-state index contributed by atoms with van der Waals surface area (Å²) in [7, 11) is 0. The van der Waals surface area contributed by atoms with Crippen molar-refractivity contribution in [1.29, 1.82) is 0 Å². The van der Waals surface area contributed by atoms with Gasteiger partial charge in [-0.2, -0.15) is 5.10 Å². The van der Waals surface area contributed by atoms with Gasteiger partial charge in [-0.05, 0) is 24.3 Å². The van der Waals surface area contributed by atoms with E-state index in [4.69, 9.17) is 0 Å². The summed E-state index contributed by atoms with van der Waals surface area (Å²) in [5.41, 5.74) is 1.85. The van der Waals surface area contributed by atoms with E-state index in [2.05, 4.69) is 15.1 Å². The number of carbonyl (C=O) groups excluding carboxylic acids is 1. The van der Waals surface area contributed by atoms with Gasteiger partial charge in [0.25, 0.3) is 0 Å². The summed E-state index contributed by atoms with van der Waals surface area (Å²) in [6, 6.07) is 7.81. The number of halogens is 2. The van der Waals surface area contributed by atoms with E-state index in [1.54, 1.807) is 24.3 Å². The van der Waals surface area contributed by atoms with Crippen molar-refractivity contribution in [3.05, 3.63) is 71.3 Å². The van der Waals surface area contributed by atoms with Crippen molar-refractivity contribution < 1.29 is 13.6 Å². The Labute approximate surface area is 141 Å². The highest BCUT2D eigenvalue weighted by Crippen LogP contribution is 2.25. The maximum atomic E-state index is 14.7. The summed E-state index contributed by atoms with van der Waals surface area (Å²) in [5, 5.41) is 4.57. The fourth-order valence-corrected chi connectivity index (χ4v) is 2.81. The Morgan fingerprint density at radius 3 is 2.88 bits per heavy atom. The van der Waals surface area contributed by atoms with Crippen molar-refractivity contribution in [2.24, 2.45) is 0 Å². The average Bonchev–Trinajstić information content (AvgIpc) is 3.01. The number of hydrogen-bond acceptors (Lipinski definition) is 4. The molecular weight excluding hydrogens is 326 g/mol. The number of benzene rings is 1. The second kappa shape index (κ2) is 6.01. The van der Waals surface area contributed by atoms with E-state index >= 15 is 0 Å². The number of hydrogen-bond donors (Lipinski definition) is 0. The summed E-state index contributed by atoms with van der Waals surface area (Å²) >= 11 is 0. The maximum absolute atomic E-state index is 14.7. The smallest absolute Gasteiger partial charge is 0.153 e. The molecule has 0 radical (unpaired) electrons. The average molecular weight is 338 g/mol. The predicted octanol–water partition coefficient (Wildman–Crippen LogP) is 2.89. The number of aldehydes is 1. The van der Waals surface area contributed by atoms with Crippen LogP contribution in [0, 0.1) is 11.6 Å². The lowest BCUT2D eigenvalue weighted by Crippen LogP contribution is -2.05. The molecule has 0 fully saturated rings. The Morgan fingerprint density at radius 1 is 1.16 bits per heavy atom. The van der Waals surface area contributed by atoms with Crippen molar-refractivity contribution in [2.75, 3.05) is 0 Å². The topological polar surface area (TPSA) is 60.2 Å². The zero-order valence-electron chi connectivity index (χ0n) is 13.0. The molecule has 25 heavy (non-hydrogen) atoms. The molecule has 4 rings (SSSR count). The summed E-state index contributed by atoms with van der Waals surface area (Å²) in [6.45, 7) is 0. The first-order chi connectivity index (χ1) is 12.2. The van der Waals surface area contributed by atoms with E-state index in [9.17, 15) is 13.6 Å². The molecule has 0 unspecified atom stereocenters. The Hall–Kier alpha value is -3.22. The summed E-state index contributed by atoms with van der Waals surface area (Å²) in [6.07, 6.45) is 3.92. The van der Waals surface area contributed by atoms with Gasteiger partial charge in [0.05, 0.1) is 23.1 Å². The molecule has 0 aliphatic heterocycles. The molecule has 0 amide bonds. The van der Waals surface area contributed by atoms with Crippen molar-refractivity contribution in [2.45, 2.75) is 12.8 Å². The third-order valence-corrected chi connectivity index (χ3v) is 4.03. The van der Waals surface area contributed by atoms with Crippen LogP contribution in [0.5, 0.6) is 0 Å². The number of pyridine rings is 1. The molecule has 5 nitrogen and oxygen atoms in total. The molecule has 0 aliphatic carbocycles. The second-order valence-corrected chi connectivity index (χ2v) is 5.61. The Bertz CT molecular complexity index is 1110. The minimum Gasteiger partial charge on any atom is -0.303 e. The monoisotopic (exact) mass is 338 g/mol. The third-order valence-electron chi connectivity index (χ3n) is 4.03. The van der Waals surface area contributed by atoms with Gasteiger partial charge >= 0.3 is 0 Å². The molecule has 0 saturated carbocycles. The molecule has 0 aliphatic rings. The van der Waals surface area contributed by atoms with Gasteiger partial charge in [0.15, 0.2) is 5.65 Å². The van der Waals surface area contributed by atoms with Crippen LogP contribution >= 0.6 is 0 Å². The molecular formula is C18H12F2N4O. The zero-order valence-corrected chi connectivity index (χ0v) is 13.0. The normalized spacial score (nSPS) is 11.3. The fraction of sp³-hybridized carbons (Fsp3) is 0.111. The van der Waals surface area contributed by atoms with Crippen LogP contribution in [0.3, 0.4) is 0 Å². The highest BCUT2D eigenvalue weighted by molar-refractivity contribution is 5.80. The fourth-order valence-electron chi connectivity index (χ4n) is 2.81. The molecule has 0 atom stereocenters. The van der Waals surface area contributed by atoms with Crippen LogP contribution in [-0.2, 0) is 17.6 Å². The molecule has 124 valence electrons. The molecule has 0 spiro atoms. The Kier molecular flexibility index (Phi) is 3.68. The van der Waals surface area contributed by atoms with E-state index in [-0.39, 0.29) is 29.3 Å². The lowest BCUT2D eigenvalue weighted by molar-refractivity contribution is -0.107. The number of rotatable bonds is 4. The lowest BCUT2D eigenvalue weighted by Gasteiger charge is -2.08. The molecule has 0 bridgehead atoms. The van der Waals surface area contributed by atoms with Crippen molar-refractivity contribution in [3.63, 3.8) is 0 Å². The van der Waals surface area contributed by atoms with Gasteiger partial charge in [-0.15, -0.1) is 0 Å². The number of fused-ring (bicyclic) bond motifs is 2. The van der Waals surface area contributed by atoms with Crippen molar-refractivity contribution in [1.82, 2.24) is 19.6 Å². The van der Waals surface area contributed by atoms with Gasteiger partial charge in [-0.1, -0.05) is 0 Å². The number of aromatic nitrogens is 4. The minimum absolute atomic E-state index is 0.0127. The highest BCUT2D eigenvalue weighted by Gasteiger charge is 2.17. The van der Waals surface area contributed by atoms with E-state index in [0.29, 0.717) is 17.0 Å². The van der Waals surface area contributed by atoms with Crippen molar-refractivity contribution >= 4 is 22.8 Å². The third kappa shape index (κ3) is 2.63. The molecule has 4 aromatic rings. The quantitative estimate of drug-likeness (QED) is 0.537. The van der Waals surface area contributed by atoms with Gasteiger partial charge in [0.1, 0.15) is 17.9 Å². The standard InChI is InChI=1S/C18H12F2N4O/c19-15-9-16-13(2-1-6-21-16)18(20)14(15)8-12-10-22-17-4-3-11(5-7-25)23-24(12)17/h1-4,6-7,9-10H,5,8H2. The van der Waals surface area contributed by atoms with Crippen LogP contribution in [0.4, 0.5) is 8.78 Å². The Morgan fingerprint density at radius 2 is 2.04 bits per heavy atom. The molecule has 3 aromatic heterocycles. The van der Waals surface area contributed by atoms with E-state index < -0.39 is 11.6 Å². The van der Waals surface area contributed by atoms with Gasteiger partial charge in [-0.3, -0.25) is 4.98 Å². The Balaban J connectivity index is 1.82. The molecule has 7 heteroatoms. The van der Waals surface area contributed by atoms with Crippen LogP contribution in [0.2, 0.25) is 0 Å². The highest BCUT2D eigenvalue weighted by atomic mass is 19.1. The summed E-state index contributed by atoms with van der Waals surface area (Å²) in [4.78, 5) is 18.8. The second-order valence-electron chi connectivity index (χ2n) is 5.61. The van der Waals surface area contributed by atoms with Crippen LogP contribution in [0.1, 0.15) is 17.0 Å². The largest absolute Gasteiger partial charge is 0.303 e. The van der Waals surface area contributed by atoms with Gasteiger partial charge in [-0.25, -0.2) is 18.3 Å². The van der Waals surface area contributed by atoms with Crippen LogP contribution in [0.15, 0.2) is 42.7 Å². The van der Waals surface area contributed by atoms with E-state index in [1.165, 1.54) is 23.0 Å². The summed E-state index contributed by atoms with van der Waals surface area (Å²) in [5.74, 6) is -1.30. The maximum Gasteiger partial charge on any atom is 0.153 e. The number of imidazole rings is 1. The van der Waals surface area contributed by atoms with Crippen LogP contribution in [-0.4, -0.2) is 25.9 Å². The molecule has 3 heterocycles. The minimum atomic E-state index is -0.664. The number of nitrogens with zero attached hydrogens (tertiary/aromatic N) is 4. The molecule has 0 N–H and O–H groups in total. The van der Waals surface area contributed by atoms with Crippen molar-refractivity contribution in [3.8, 4) is 0 Å². The predicted molar refractivity (Wildman–Crippen MR) is 87.2 cm³/mol. The van der Waals surface area contributed by atoms with E-state index in [0.717, 1.165) is 6.29 Å². The first-order valence-corrected chi connectivity index (χ1v) is 7.65. The van der Waals surface area contributed by atoms with Gasteiger partial charge < -0.3 is 4.79 Å².